The van der Waals surface area contributed by atoms with Crippen LogP contribution in [0, 0.1) is 13.8 Å². The monoisotopic (exact) mass is 507 g/mol. The summed E-state index contributed by atoms with van der Waals surface area (Å²) < 4.78 is 22.7. The van der Waals surface area contributed by atoms with Crippen molar-refractivity contribution >= 4 is 27.9 Å². The van der Waals surface area contributed by atoms with Crippen LogP contribution in [-0.2, 0) is 9.47 Å². The molecule has 0 amide bonds. The van der Waals surface area contributed by atoms with E-state index in [4.69, 9.17) is 18.9 Å². The molecule has 0 spiro atoms. The number of esters is 2. The van der Waals surface area contributed by atoms with Gasteiger partial charge in [0.15, 0.2) is 11.5 Å². The number of aryl methyl sites for hydroxylation is 2. The van der Waals surface area contributed by atoms with E-state index >= 15 is 0 Å². The third-order valence-corrected chi connectivity index (χ3v) is 5.37. The molecular weight excluding hydrogens is 478 g/mol. The number of rotatable bonds is 10. The number of ether oxygens (including phenoxy) is 4. The molecular formula is C24H30BrNO6. The summed E-state index contributed by atoms with van der Waals surface area (Å²) in [7, 11) is 1.54. The number of carbonyl (C=O) groups excluding carboxylic acids is 2. The zero-order valence-corrected chi connectivity index (χ0v) is 21.1. The minimum Gasteiger partial charge on any atom is -0.493 e. The van der Waals surface area contributed by atoms with Crippen molar-refractivity contribution in [3.8, 4) is 22.6 Å². The van der Waals surface area contributed by atoms with Crippen LogP contribution in [0.25, 0.3) is 11.1 Å². The third kappa shape index (κ3) is 5.59. The van der Waals surface area contributed by atoms with E-state index in [1.165, 1.54) is 0 Å². The maximum atomic E-state index is 12.9. The van der Waals surface area contributed by atoms with Gasteiger partial charge in [0.2, 0.25) is 0 Å². The van der Waals surface area contributed by atoms with Crippen LogP contribution in [0.15, 0.2) is 16.6 Å². The maximum Gasteiger partial charge on any atom is 0.340 e. The lowest BCUT2D eigenvalue weighted by Crippen LogP contribution is -2.17. The lowest BCUT2D eigenvalue weighted by Gasteiger charge is -2.20. The van der Waals surface area contributed by atoms with Gasteiger partial charge in [-0.05, 0) is 67.7 Å². The number of unbranched alkanes of at least 4 members (excludes halogenated alkanes) is 1. The number of nitrogens with zero attached hydrogens (tertiary/aromatic N) is 1. The van der Waals surface area contributed by atoms with Gasteiger partial charge in [0.25, 0.3) is 0 Å². The molecule has 1 aromatic carbocycles. The number of carbonyl (C=O) groups is 2. The molecule has 0 fully saturated rings. The van der Waals surface area contributed by atoms with Gasteiger partial charge in [-0.1, -0.05) is 13.3 Å². The zero-order valence-electron chi connectivity index (χ0n) is 19.5. The summed E-state index contributed by atoms with van der Waals surface area (Å²) in [6.07, 6.45) is 1.90. The first-order valence-corrected chi connectivity index (χ1v) is 11.5. The van der Waals surface area contributed by atoms with Gasteiger partial charge in [0.05, 0.1) is 53.9 Å². The standard InChI is InChI=1S/C24H30BrNO6/c1-7-10-11-32-22-17(25)12-16(13-18(22)29-6)21-19(23(27)30-8-2)14(4)26-15(5)20(21)24(28)31-9-3/h12-13H,7-11H2,1-6H3. The highest BCUT2D eigenvalue weighted by atomic mass is 79.9. The molecule has 0 atom stereocenters. The summed E-state index contributed by atoms with van der Waals surface area (Å²) in [5, 5.41) is 0. The molecule has 1 aromatic heterocycles. The second-order valence-electron chi connectivity index (χ2n) is 7.04. The van der Waals surface area contributed by atoms with Crippen LogP contribution >= 0.6 is 15.9 Å². The lowest BCUT2D eigenvalue weighted by atomic mass is 9.92. The molecule has 0 radical (unpaired) electrons. The van der Waals surface area contributed by atoms with Crippen molar-refractivity contribution in [2.75, 3.05) is 26.9 Å². The largest absolute Gasteiger partial charge is 0.493 e. The third-order valence-electron chi connectivity index (χ3n) is 4.78. The molecule has 0 bridgehead atoms. The highest BCUT2D eigenvalue weighted by Crippen LogP contribution is 2.42. The normalized spacial score (nSPS) is 10.6. The van der Waals surface area contributed by atoms with Gasteiger partial charge in [0.1, 0.15) is 0 Å². The van der Waals surface area contributed by atoms with E-state index < -0.39 is 11.9 Å². The number of aromatic nitrogens is 1. The van der Waals surface area contributed by atoms with Crippen LogP contribution in [0.3, 0.4) is 0 Å². The average molecular weight is 508 g/mol. The topological polar surface area (TPSA) is 84.0 Å². The molecule has 32 heavy (non-hydrogen) atoms. The highest BCUT2D eigenvalue weighted by molar-refractivity contribution is 9.10. The van der Waals surface area contributed by atoms with Crippen LogP contribution in [0.5, 0.6) is 11.5 Å². The number of hydrogen-bond acceptors (Lipinski definition) is 7. The van der Waals surface area contributed by atoms with Crippen LogP contribution < -0.4 is 9.47 Å². The van der Waals surface area contributed by atoms with Gasteiger partial charge in [-0.25, -0.2) is 9.59 Å². The average Bonchev–Trinajstić information content (AvgIpc) is 2.74. The smallest absolute Gasteiger partial charge is 0.340 e. The Morgan fingerprint density at radius 3 is 2.00 bits per heavy atom. The van der Waals surface area contributed by atoms with Crippen LogP contribution in [0.2, 0.25) is 0 Å². The molecule has 2 aromatic rings. The van der Waals surface area contributed by atoms with Crippen LogP contribution in [-0.4, -0.2) is 43.9 Å². The summed E-state index contributed by atoms with van der Waals surface area (Å²) >= 11 is 3.56. The first-order chi connectivity index (χ1) is 15.3. The Morgan fingerprint density at radius 2 is 1.53 bits per heavy atom. The molecule has 1 heterocycles. The molecule has 0 saturated carbocycles. The summed E-state index contributed by atoms with van der Waals surface area (Å²) in [6.45, 7) is 9.89. The van der Waals surface area contributed by atoms with Gasteiger partial charge in [-0.15, -0.1) is 0 Å². The molecule has 0 aliphatic heterocycles. The molecule has 7 nitrogen and oxygen atoms in total. The Morgan fingerprint density at radius 1 is 0.969 bits per heavy atom. The van der Waals surface area contributed by atoms with Crippen molar-refractivity contribution in [2.45, 2.75) is 47.5 Å². The highest BCUT2D eigenvalue weighted by Gasteiger charge is 2.29. The first kappa shape index (κ1) is 25.6. The Kier molecular flexibility index (Phi) is 9.50. The summed E-state index contributed by atoms with van der Waals surface area (Å²) in [6, 6.07) is 3.54. The van der Waals surface area contributed by atoms with Crippen LogP contribution in [0.1, 0.15) is 65.7 Å². The Balaban J connectivity index is 2.83. The van der Waals surface area contributed by atoms with Gasteiger partial charge in [-0.3, -0.25) is 4.98 Å². The van der Waals surface area contributed by atoms with Gasteiger partial charge < -0.3 is 18.9 Å². The Labute approximate surface area is 197 Å². The molecule has 2 rings (SSSR count). The minimum atomic E-state index is -0.559. The quantitative estimate of drug-likeness (QED) is 0.302. The SMILES string of the molecule is CCCCOc1c(Br)cc(-c2c(C(=O)OCC)c(C)nc(C)c2C(=O)OCC)cc1OC. The fourth-order valence-electron chi connectivity index (χ4n) is 3.37. The number of pyridine rings is 1. The molecule has 174 valence electrons. The van der Waals surface area contributed by atoms with Crippen molar-refractivity contribution in [1.82, 2.24) is 4.98 Å². The van der Waals surface area contributed by atoms with Gasteiger partial charge in [0, 0.05) is 5.56 Å². The minimum absolute atomic E-state index is 0.192. The second kappa shape index (κ2) is 11.9. The molecule has 0 aliphatic rings. The molecule has 0 saturated heterocycles. The second-order valence-corrected chi connectivity index (χ2v) is 7.89. The Hall–Kier alpha value is -2.61. The fraction of sp³-hybridized carbons (Fsp3) is 0.458. The van der Waals surface area contributed by atoms with Crippen molar-refractivity contribution < 1.29 is 28.5 Å². The lowest BCUT2D eigenvalue weighted by molar-refractivity contribution is 0.0525. The van der Waals surface area contributed by atoms with Crippen molar-refractivity contribution in [3.05, 3.63) is 39.1 Å². The summed E-state index contributed by atoms with van der Waals surface area (Å²) in [5.41, 5.74) is 2.33. The number of hydrogen-bond donors (Lipinski definition) is 0. The number of halogens is 1. The van der Waals surface area contributed by atoms with E-state index in [0.29, 0.717) is 45.1 Å². The van der Waals surface area contributed by atoms with Crippen molar-refractivity contribution in [2.24, 2.45) is 0 Å². The van der Waals surface area contributed by atoms with E-state index in [1.807, 2.05) is 0 Å². The van der Waals surface area contributed by atoms with Gasteiger partial charge >= 0.3 is 11.9 Å². The van der Waals surface area contributed by atoms with Crippen molar-refractivity contribution in [3.63, 3.8) is 0 Å². The van der Waals surface area contributed by atoms with E-state index in [0.717, 1.165) is 12.8 Å². The van der Waals surface area contributed by atoms with E-state index in [9.17, 15) is 9.59 Å². The van der Waals surface area contributed by atoms with Crippen molar-refractivity contribution in [1.29, 1.82) is 0 Å². The molecule has 0 aliphatic carbocycles. The molecule has 0 N–H and O–H groups in total. The van der Waals surface area contributed by atoms with E-state index in [1.54, 1.807) is 46.9 Å². The molecule has 0 unspecified atom stereocenters. The Bertz CT molecular complexity index is 947. The van der Waals surface area contributed by atoms with Gasteiger partial charge in [-0.2, -0.15) is 0 Å². The zero-order chi connectivity index (χ0) is 23.8. The van der Waals surface area contributed by atoms with E-state index in [2.05, 4.69) is 27.8 Å². The number of benzene rings is 1. The predicted molar refractivity (Wildman–Crippen MR) is 126 cm³/mol. The fourth-order valence-corrected chi connectivity index (χ4v) is 3.92. The maximum absolute atomic E-state index is 12.9. The summed E-state index contributed by atoms with van der Waals surface area (Å²) in [4.78, 5) is 30.2. The molecule has 8 heteroatoms. The number of methoxy groups -OCH3 is 1. The van der Waals surface area contributed by atoms with E-state index in [-0.39, 0.29) is 24.3 Å². The first-order valence-electron chi connectivity index (χ1n) is 10.7. The predicted octanol–water partition coefficient (Wildman–Crippen LogP) is 5.67. The summed E-state index contributed by atoms with van der Waals surface area (Å²) in [5.74, 6) is -0.0856. The van der Waals surface area contributed by atoms with Crippen LogP contribution in [0.4, 0.5) is 0 Å².